The second-order valence-electron chi connectivity index (χ2n) is 6.11. The highest BCUT2D eigenvalue weighted by atomic mass is 35.5. The van der Waals surface area contributed by atoms with Crippen LogP contribution in [0.3, 0.4) is 0 Å². The molecule has 1 aromatic carbocycles. The molecule has 8 heteroatoms. The van der Waals surface area contributed by atoms with Gasteiger partial charge in [-0.25, -0.2) is 4.98 Å². The van der Waals surface area contributed by atoms with Crippen LogP contribution in [0, 0.1) is 5.41 Å². The molecule has 2 aromatic rings. The van der Waals surface area contributed by atoms with Crippen LogP contribution in [-0.4, -0.2) is 21.8 Å². The van der Waals surface area contributed by atoms with Crippen molar-refractivity contribution in [1.29, 1.82) is 0 Å². The number of aromatic amines is 1. The van der Waals surface area contributed by atoms with Gasteiger partial charge in [-0.3, -0.25) is 9.59 Å². The number of nitrogens with one attached hydrogen (secondary N) is 1. The van der Waals surface area contributed by atoms with Crippen molar-refractivity contribution in [3.63, 3.8) is 0 Å². The van der Waals surface area contributed by atoms with E-state index in [1.54, 1.807) is 24.4 Å². The third-order valence-electron chi connectivity index (χ3n) is 4.52. The normalized spacial score (nSPS) is 15.8. The minimum absolute atomic E-state index is 0. The van der Waals surface area contributed by atoms with E-state index in [1.807, 2.05) is 6.07 Å². The van der Waals surface area contributed by atoms with Gasteiger partial charge in [0, 0.05) is 5.56 Å². The predicted octanol–water partition coefficient (Wildman–Crippen LogP) is 2.42. The third-order valence-corrected chi connectivity index (χ3v) is 4.52. The van der Waals surface area contributed by atoms with Crippen LogP contribution in [-0.2, 0) is 9.59 Å². The summed E-state index contributed by atoms with van der Waals surface area (Å²) in [6.07, 6.45) is 5.08. The molecule has 1 aliphatic rings. The molecule has 134 valence electrons. The van der Waals surface area contributed by atoms with Crippen molar-refractivity contribution in [3.05, 3.63) is 30.5 Å². The van der Waals surface area contributed by atoms with E-state index in [0.29, 0.717) is 30.2 Å². The van der Waals surface area contributed by atoms with Crippen molar-refractivity contribution in [1.82, 2.24) is 9.97 Å². The van der Waals surface area contributed by atoms with Crippen molar-refractivity contribution in [2.45, 2.75) is 32.1 Å². The van der Waals surface area contributed by atoms with Crippen LogP contribution in [0.4, 0.5) is 5.95 Å². The molecule has 0 bridgehead atoms. The molecular weight excluding hydrogens is 344 g/mol. The van der Waals surface area contributed by atoms with Crippen molar-refractivity contribution >= 4 is 30.2 Å². The number of amides is 1. The number of halogens is 1. The Kier molecular flexibility index (Phi) is 5.69. The van der Waals surface area contributed by atoms with Crippen molar-refractivity contribution in [2.75, 3.05) is 5.73 Å². The quantitative estimate of drug-likeness (QED) is 0.436. The molecule has 0 radical (unpaired) electrons. The molecule has 0 aliphatic heterocycles. The number of nitrogens with two attached hydrogens (primary N) is 2. The summed E-state index contributed by atoms with van der Waals surface area (Å²) >= 11 is 0. The minimum Gasteiger partial charge on any atom is -0.426 e. The number of aromatic nitrogens is 2. The predicted molar refractivity (Wildman–Crippen MR) is 96.0 cm³/mol. The largest absolute Gasteiger partial charge is 0.426 e. The summed E-state index contributed by atoms with van der Waals surface area (Å²) in [5.74, 6) is -0.514. The molecule has 1 heterocycles. The molecule has 3 rings (SSSR count). The fourth-order valence-electron chi connectivity index (χ4n) is 3.12. The van der Waals surface area contributed by atoms with Crippen molar-refractivity contribution < 1.29 is 14.3 Å². The molecule has 1 aromatic heterocycles. The molecule has 0 unspecified atom stereocenters. The summed E-state index contributed by atoms with van der Waals surface area (Å²) in [6.45, 7) is 0. The van der Waals surface area contributed by atoms with Gasteiger partial charge in [-0.1, -0.05) is 31.4 Å². The summed E-state index contributed by atoms with van der Waals surface area (Å²) in [5.41, 5.74) is 11.4. The number of primary amides is 1. The number of nitrogen functional groups attached to an aromatic ring is 1. The lowest BCUT2D eigenvalue weighted by Gasteiger charge is -2.31. The highest BCUT2D eigenvalue weighted by molar-refractivity contribution is 6.02. The SMILES string of the molecule is Cl.NC(=O)C1(C(=O)Oc2cccc(-c3cnc(N)[nH]3)c2)CCCCC1. The second-order valence-corrected chi connectivity index (χ2v) is 6.11. The number of H-pyrrole nitrogens is 1. The van der Waals surface area contributed by atoms with Crippen LogP contribution in [0.25, 0.3) is 11.3 Å². The highest BCUT2D eigenvalue weighted by Gasteiger charge is 2.46. The standard InChI is InChI=1S/C17H20N4O3.ClH/c18-14(22)17(7-2-1-3-8-17)15(23)24-12-6-4-5-11(9-12)13-10-20-16(19)21-13;/h4-6,9-10H,1-3,7-8H2,(H2,18,22)(H3,19,20,21);1H. The average molecular weight is 365 g/mol. The van der Waals surface area contributed by atoms with Gasteiger partial charge in [-0.2, -0.15) is 0 Å². The summed E-state index contributed by atoms with van der Waals surface area (Å²) in [7, 11) is 0. The first-order valence-electron chi connectivity index (χ1n) is 7.94. The Morgan fingerprint density at radius 2 is 1.92 bits per heavy atom. The summed E-state index contributed by atoms with van der Waals surface area (Å²) < 4.78 is 5.48. The van der Waals surface area contributed by atoms with Gasteiger partial charge >= 0.3 is 5.97 Å². The van der Waals surface area contributed by atoms with Crippen LogP contribution in [0.15, 0.2) is 30.5 Å². The van der Waals surface area contributed by atoms with E-state index in [4.69, 9.17) is 16.2 Å². The zero-order chi connectivity index (χ0) is 17.2. The molecule has 1 amide bonds. The zero-order valence-corrected chi connectivity index (χ0v) is 14.5. The van der Waals surface area contributed by atoms with Gasteiger partial charge in [-0.05, 0) is 25.0 Å². The van der Waals surface area contributed by atoms with Gasteiger partial charge in [0.25, 0.3) is 0 Å². The molecule has 25 heavy (non-hydrogen) atoms. The zero-order valence-electron chi connectivity index (χ0n) is 13.7. The Bertz CT molecular complexity index is 769. The average Bonchev–Trinajstić information content (AvgIpc) is 3.02. The van der Waals surface area contributed by atoms with Crippen LogP contribution in [0.2, 0.25) is 0 Å². The lowest BCUT2D eigenvalue weighted by molar-refractivity contribution is -0.154. The van der Waals surface area contributed by atoms with Gasteiger partial charge in [-0.15, -0.1) is 12.4 Å². The van der Waals surface area contributed by atoms with Crippen LogP contribution < -0.4 is 16.2 Å². The number of carbonyl (C=O) groups is 2. The Morgan fingerprint density at radius 1 is 1.20 bits per heavy atom. The van der Waals surface area contributed by atoms with E-state index in [9.17, 15) is 9.59 Å². The van der Waals surface area contributed by atoms with Crippen LogP contribution in [0.1, 0.15) is 32.1 Å². The minimum atomic E-state index is -1.22. The highest BCUT2D eigenvalue weighted by Crippen LogP contribution is 2.38. The Balaban J connectivity index is 0.00000225. The number of ether oxygens (including phenoxy) is 1. The number of esters is 1. The maximum atomic E-state index is 12.6. The monoisotopic (exact) mass is 364 g/mol. The molecule has 1 fully saturated rings. The van der Waals surface area contributed by atoms with Gasteiger partial charge in [0.15, 0.2) is 5.95 Å². The Morgan fingerprint density at radius 3 is 2.52 bits per heavy atom. The molecule has 5 N–H and O–H groups in total. The van der Waals surface area contributed by atoms with E-state index in [0.717, 1.165) is 24.8 Å². The Labute approximate surface area is 151 Å². The number of anilines is 1. The summed E-state index contributed by atoms with van der Waals surface area (Å²) in [5, 5.41) is 0. The smallest absolute Gasteiger partial charge is 0.327 e. The first-order chi connectivity index (χ1) is 11.5. The van der Waals surface area contributed by atoms with Crippen molar-refractivity contribution in [2.24, 2.45) is 11.1 Å². The van der Waals surface area contributed by atoms with E-state index in [1.165, 1.54) is 0 Å². The second kappa shape index (κ2) is 7.57. The number of imidazole rings is 1. The number of hydrogen-bond donors (Lipinski definition) is 3. The Hall–Kier alpha value is -2.54. The van der Waals surface area contributed by atoms with Gasteiger partial charge in [0.2, 0.25) is 5.91 Å². The number of benzene rings is 1. The van der Waals surface area contributed by atoms with Crippen LogP contribution >= 0.6 is 12.4 Å². The fraction of sp³-hybridized carbons (Fsp3) is 0.353. The first kappa shape index (κ1) is 18.8. The number of carbonyl (C=O) groups excluding carboxylic acids is 2. The molecule has 1 saturated carbocycles. The lowest BCUT2D eigenvalue weighted by Crippen LogP contribution is -2.47. The fourth-order valence-corrected chi connectivity index (χ4v) is 3.12. The number of hydrogen-bond acceptors (Lipinski definition) is 5. The topological polar surface area (TPSA) is 124 Å². The summed E-state index contributed by atoms with van der Waals surface area (Å²) in [4.78, 5) is 31.4. The molecular formula is C17H21ClN4O3. The number of rotatable bonds is 4. The lowest BCUT2D eigenvalue weighted by atomic mass is 9.73. The molecule has 1 aliphatic carbocycles. The van der Waals surface area contributed by atoms with Crippen LogP contribution in [0.5, 0.6) is 5.75 Å². The van der Waals surface area contributed by atoms with Gasteiger partial charge < -0.3 is 21.2 Å². The van der Waals surface area contributed by atoms with Gasteiger partial charge in [0.1, 0.15) is 11.2 Å². The third kappa shape index (κ3) is 3.76. The first-order valence-corrected chi connectivity index (χ1v) is 7.94. The summed E-state index contributed by atoms with van der Waals surface area (Å²) in [6, 6.07) is 6.96. The molecule has 0 spiro atoms. The number of nitrogens with zero attached hydrogens (tertiary/aromatic N) is 1. The maximum Gasteiger partial charge on any atom is 0.327 e. The van der Waals surface area contributed by atoms with E-state index in [2.05, 4.69) is 9.97 Å². The van der Waals surface area contributed by atoms with E-state index < -0.39 is 17.3 Å². The maximum absolute atomic E-state index is 12.6. The van der Waals surface area contributed by atoms with E-state index in [-0.39, 0.29) is 12.4 Å². The molecule has 0 saturated heterocycles. The molecule has 0 atom stereocenters. The van der Waals surface area contributed by atoms with Gasteiger partial charge in [0.05, 0.1) is 11.9 Å². The molecule has 7 nitrogen and oxygen atoms in total. The van der Waals surface area contributed by atoms with E-state index >= 15 is 0 Å². The van der Waals surface area contributed by atoms with Crippen molar-refractivity contribution in [3.8, 4) is 17.0 Å².